The number of alkyl halides is 1. The van der Waals surface area contributed by atoms with Crippen molar-refractivity contribution < 1.29 is 12.6 Å². The Morgan fingerprint density at radius 3 is 2.42 bits per heavy atom. The molecule has 0 aliphatic carbocycles. The van der Waals surface area contributed by atoms with Crippen molar-refractivity contribution in [3.8, 4) is 0 Å². The van der Waals surface area contributed by atoms with Gasteiger partial charge in [0.25, 0.3) is 0 Å². The van der Waals surface area contributed by atoms with Crippen molar-refractivity contribution >= 4 is 32.4 Å². The van der Waals surface area contributed by atoms with Crippen LogP contribution >= 0.6 is 11.6 Å². The van der Waals surface area contributed by atoms with Crippen LogP contribution in [-0.4, -0.2) is 35.9 Å². The van der Waals surface area contributed by atoms with Crippen molar-refractivity contribution in [3.63, 3.8) is 0 Å². The topological polar surface area (TPSA) is 63.2 Å². The van der Waals surface area contributed by atoms with Crippen molar-refractivity contribution in [2.24, 2.45) is 0 Å². The number of hydrogen-bond donors (Lipinski definition) is 1. The van der Waals surface area contributed by atoms with Crippen LogP contribution in [0.5, 0.6) is 0 Å². The highest BCUT2D eigenvalue weighted by molar-refractivity contribution is 7.90. The number of hydrogen-bond acceptors (Lipinski definition) is 3. The zero-order valence-electron chi connectivity index (χ0n) is 6.91. The SMILES string of the molecule is CC(CNS(=O)(=O)CCl)S(C)=O. The maximum absolute atomic E-state index is 10.8. The second-order valence-corrected chi connectivity index (χ2v) is 6.57. The van der Waals surface area contributed by atoms with Crippen LogP contribution in [0.1, 0.15) is 6.92 Å². The zero-order chi connectivity index (χ0) is 9.78. The molecule has 0 aromatic heterocycles. The van der Waals surface area contributed by atoms with Crippen molar-refractivity contribution in [2.45, 2.75) is 12.2 Å². The van der Waals surface area contributed by atoms with Gasteiger partial charge in [0.2, 0.25) is 10.0 Å². The van der Waals surface area contributed by atoms with E-state index in [9.17, 15) is 12.6 Å². The molecule has 0 bridgehead atoms. The summed E-state index contributed by atoms with van der Waals surface area (Å²) in [5, 5.41) is -0.654. The van der Waals surface area contributed by atoms with Crippen LogP contribution in [0.4, 0.5) is 0 Å². The highest BCUT2D eigenvalue weighted by Gasteiger charge is 2.11. The van der Waals surface area contributed by atoms with Crippen molar-refractivity contribution in [2.75, 3.05) is 18.0 Å². The van der Waals surface area contributed by atoms with Gasteiger partial charge in [0, 0.05) is 28.9 Å². The minimum atomic E-state index is -3.37. The summed E-state index contributed by atoms with van der Waals surface area (Å²) in [7, 11) is -4.38. The van der Waals surface area contributed by atoms with E-state index in [2.05, 4.69) is 4.72 Å². The molecule has 4 nitrogen and oxygen atoms in total. The van der Waals surface area contributed by atoms with Gasteiger partial charge in [-0.1, -0.05) is 0 Å². The molecule has 2 unspecified atom stereocenters. The molecule has 0 fully saturated rings. The molecule has 0 rings (SSSR count). The van der Waals surface area contributed by atoms with Gasteiger partial charge >= 0.3 is 0 Å². The number of rotatable bonds is 5. The van der Waals surface area contributed by atoms with Gasteiger partial charge in [0.1, 0.15) is 5.21 Å². The molecule has 0 heterocycles. The van der Waals surface area contributed by atoms with Crippen LogP contribution < -0.4 is 4.72 Å². The summed E-state index contributed by atoms with van der Waals surface area (Å²) in [5.74, 6) is 0. The summed E-state index contributed by atoms with van der Waals surface area (Å²) in [6.07, 6.45) is 1.53. The average Bonchev–Trinajstić information content (AvgIpc) is 2.00. The lowest BCUT2D eigenvalue weighted by Crippen LogP contribution is -2.33. The molecule has 0 saturated carbocycles. The van der Waals surface area contributed by atoms with Gasteiger partial charge < -0.3 is 0 Å². The minimum Gasteiger partial charge on any atom is -0.260 e. The van der Waals surface area contributed by atoms with Gasteiger partial charge in [0.15, 0.2) is 0 Å². The first-order valence-electron chi connectivity index (χ1n) is 3.24. The maximum Gasteiger partial charge on any atom is 0.225 e. The quantitative estimate of drug-likeness (QED) is 0.673. The van der Waals surface area contributed by atoms with E-state index in [1.165, 1.54) is 6.26 Å². The average molecular weight is 234 g/mol. The molecule has 0 radical (unpaired) electrons. The van der Waals surface area contributed by atoms with E-state index in [4.69, 9.17) is 11.6 Å². The summed E-state index contributed by atoms with van der Waals surface area (Å²) in [4.78, 5) is 0. The number of halogens is 1. The molecule has 0 amide bonds. The molecule has 0 spiro atoms. The van der Waals surface area contributed by atoms with Gasteiger partial charge in [-0.25, -0.2) is 13.1 Å². The first-order chi connectivity index (χ1) is 5.39. The maximum atomic E-state index is 10.8. The largest absolute Gasteiger partial charge is 0.260 e. The Morgan fingerprint density at radius 2 is 2.08 bits per heavy atom. The van der Waals surface area contributed by atoms with E-state index in [0.717, 1.165) is 0 Å². The summed E-state index contributed by atoms with van der Waals surface area (Å²) in [6, 6.07) is 0. The van der Waals surface area contributed by atoms with Crippen molar-refractivity contribution in [1.29, 1.82) is 0 Å². The molecule has 0 aromatic rings. The Bertz CT molecular complexity index is 251. The summed E-state index contributed by atoms with van der Waals surface area (Å²) in [6.45, 7) is 1.87. The van der Waals surface area contributed by atoms with E-state index in [-0.39, 0.29) is 11.8 Å². The molecule has 0 aromatic carbocycles. The number of sulfonamides is 1. The molecule has 74 valence electrons. The Kier molecular flexibility index (Phi) is 5.31. The first-order valence-corrected chi connectivity index (χ1v) is 7.05. The molecule has 12 heavy (non-hydrogen) atoms. The molecule has 2 atom stereocenters. The third-order valence-electron chi connectivity index (χ3n) is 1.30. The fourth-order valence-corrected chi connectivity index (χ4v) is 1.64. The number of nitrogens with one attached hydrogen (secondary N) is 1. The van der Waals surface area contributed by atoms with E-state index < -0.39 is 26.0 Å². The fraction of sp³-hybridized carbons (Fsp3) is 1.00. The molecule has 7 heteroatoms. The molecule has 1 N–H and O–H groups in total. The van der Waals surface area contributed by atoms with E-state index in [0.29, 0.717) is 0 Å². The predicted molar refractivity (Wildman–Crippen MR) is 51.2 cm³/mol. The van der Waals surface area contributed by atoms with Gasteiger partial charge in [-0.15, -0.1) is 11.6 Å². The van der Waals surface area contributed by atoms with Gasteiger partial charge in [-0.05, 0) is 6.92 Å². The van der Waals surface area contributed by atoms with Crippen LogP contribution in [0.25, 0.3) is 0 Å². The van der Waals surface area contributed by atoms with Crippen molar-refractivity contribution in [1.82, 2.24) is 4.72 Å². The van der Waals surface area contributed by atoms with E-state index in [1.807, 2.05) is 0 Å². The molecule has 0 saturated heterocycles. The Hall–Kier alpha value is 0.350. The van der Waals surface area contributed by atoms with Crippen LogP contribution in [0.3, 0.4) is 0 Å². The van der Waals surface area contributed by atoms with Gasteiger partial charge in [-0.2, -0.15) is 0 Å². The third kappa shape index (κ3) is 5.08. The lowest BCUT2D eigenvalue weighted by Gasteiger charge is -2.08. The highest BCUT2D eigenvalue weighted by Crippen LogP contribution is 1.93. The highest BCUT2D eigenvalue weighted by atomic mass is 35.5. The predicted octanol–water partition coefficient (Wildman–Crippen LogP) is -0.131. The van der Waals surface area contributed by atoms with Crippen molar-refractivity contribution in [3.05, 3.63) is 0 Å². The third-order valence-corrected chi connectivity index (χ3v) is 4.36. The summed E-state index contributed by atoms with van der Waals surface area (Å²) in [5.41, 5.74) is 0. The minimum absolute atomic E-state index is 0.165. The van der Waals surface area contributed by atoms with E-state index in [1.54, 1.807) is 6.92 Å². The lowest BCUT2D eigenvalue weighted by molar-refractivity contribution is 0.585. The standard InChI is InChI=1S/C5H12ClNO3S2/c1-5(11(2)8)3-7-12(9,10)4-6/h5,7H,3-4H2,1-2H3. The Balaban J connectivity index is 3.92. The van der Waals surface area contributed by atoms with E-state index >= 15 is 0 Å². The van der Waals surface area contributed by atoms with Gasteiger partial charge in [-0.3, -0.25) is 4.21 Å². The summed E-state index contributed by atoms with van der Waals surface area (Å²) < 4.78 is 34.6. The molecular formula is C5H12ClNO3S2. The van der Waals surface area contributed by atoms with Crippen LogP contribution in [0, 0.1) is 0 Å². The van der Waals surface area contributed by atoms with Crippen LogP contribution in [-0.2, 0) is 20.8 Å². The Morgan fingerprint density at radius 1 is 1.58 bits per heavy atom. The molecule has 0 aliphatic rings. The van der Waals surface area contributed by atoms with Gasteiger partial charge in [0.05, 0.1) is 0 Å². The first kappa shape index (κ1) is 12.3. The zero-order valence-corrected chi connectivity index (χ0v) is 9.30. The second-order valence-electron chi connectivity index (χ2n) is 2.38. The summed E-state index contributed by atoms with van der Waals surface area (Å²) >= 11 is 5.13. The van der Waals surface area contributed by atoms with Crippen LogP contribution in [0.15, 0.2) is 0 Å². The second kappa shape index (κ2) is 5.16. The monoisotopic (exact) mass is 233 g/mol. The lowest BCUT2D eigenvalue weighted by atomic mass is 10.5. The normalized spacial score (nSPS) is 17.2. The Labute approximate surface area is 80.2 Å². The molecule has 0 aliphatic heterocycles. The smallest absolute Gasteiger partial charge is 0.225 e. The fourth-order valence-electron chi connectivity index (χ4n) is 0.400. The molecular weight excluding hydrogens is 222 g/mol. The van der Waals surface area contributed by atoms with Crippen LogP contribution in [0.2, 0.25) is 0 Å².